The van der Waals surface area contributed by atoms with Gasteiger partial charge in [-0.2, -0.15) is 5.10 Å². The van der Waals surface area contributed by atoms with E-state index in [1.54, 1.807) is 12.1 Å². The van der Waals surface area contributed by atoms with Crippen molar-refractivity contribution in [3.8, 4) is 0 Å². The molecule has 0 bridgehead atoms. The van der Waals surface area contributed by atoms with Crippen LogP contribution in [-0.4, -0.2) is 58.3 Å². The number of morpholine rings is 1. The van der Waals surface area contributed by atoms with Crippen LogP contribution in [0, 0.1) is 5.82 Å². The van der Waals surface area contributed by atoms with Gasteiger partial charge in [-0.3, -0.25) is 14.8 Å². The van der Waals surface area contributed by atoms with Crippen LogP contribution >= 0.6 is 0 Å². The number of carbonyl (C=O) groups excluding carboxylic acids is 1. The number of carbonyl (C=O) groups is 1. The summed E-state index contributed by atoms with van der Waals surface area (Å²) >= 11 is 0. The number of hydrogen-bond acceptors (Lipinski definition) is 5. The van der Waals surface area contributed by atoms with E-state index in [2.05, 4.69) is 25.4 Å². The van der Waals surface area contributed by atoms with Crippen LogP contribution in [0.4, 0.5) is 4.39 Å². The van der Waals surface area contributed by atoms with Crippen LogP contribution in [0.25, 0.3) is 0 Å². The molecule has 2 aromatic rings. The lowest BCUT2D eigenvalue weighted by Gasteiger charge is -2.33. The molecule has 1 atom stereocenters. The molecule has 1 aliphatic heterocycles. The summed E-state index contributed by atoms with van der Waals surface area (Å²) in [5.41, 5.74) is 0.691. The van der Waals surface area contributed by atoms with E-state index in [1.807, 2.05) is 6.07 Å². The van der Waals surface area contributed by atoms with Gasteiger partial charge >= 0.3 is 0 Å². The molecule has 1 aliphatic rings. The molecule has 0 radical (unpaired) electrons. The number of rotatable bonds is 6. The second-order valence-electron chi connectivity index (χ2n) is 5.70. The van der Waals surface area contributed by atoms with Gasteiger partial charge in [0, 0.05) is 31.7 Å². The lowest BCUT2D eigenvalue weighted by Crippen LogP contribution is -2.43. The zero-order chi connectivity index (χ0) is 16.8. The highest BCUT2D eigenvalue weighted by Crippen LogP contribution is 2.14. The minimum Gasteiger partial charge on any atom is -0.375 e. The van der Waals surface area contributed by atoms with E-state index < -0.39 is 0 Å². The van der Waals surface area contributed by atoms with Gasteiger partial charge in [0.1, 0.15) is 12.1 Å². The summed E-state index contributed by atoms with van der Waals surface area (Å²) < 4.78 is 19.5. The minimum atomic E-state index is -0.286. The van der Waals surface area contributed by atoms with Crippen molar-refractivity contribution in [2.75, 3.05) is 26.2 Å². The molecule has 0 aliphatic carbocycles. The Morgan fingerprint density at radius 1 is 1.46 bits per heavy atom. The Hall–Kier alpha value is -2.32. The molecule has 8 heteroatoms. The van der Waals surface area contributed by atoms with Gasteiger partial charge in [-0.15, -0.1) is 0 Å². The number of nitrogens with one attached hydrogen (secondary N) is 2. The number of ether oxygens (including phenoxy) is 1. The summed E-state index contributed by atoms with van der Waals surface area (Å²) in [5, 5.41) is 8.93. The third-order valence-corrected chi connectivity index (χ3v) is 3.96. The Balaban J connectivity index is 1.44. The van der Waals surface area contributed by atoms with Crippen LogP contribution in [0.1, 0.15) is 22.6 Å². The molecule has 24 heavy (non-hydrogen) atoms. The molecule has 1 saturated heterocycles. The maximum atomic E-state index is 13.7. The second-order valence-corrected chi connectivity index (χ2v) is 5.70. The molecule has 1 aromatic carbocycles. The fourth-order valence-electron chi connectivity index (χ4n) is 2.71. The lowest BCUT2D eigenvalue weighted by atomic mass is 10.1. The van der Waals surface area contributed by atoms with E-state index in [0.29, 0.717) is 38.2 Å². The van der Waals surface area contributed by atoms with E-state index >= 15 is 0 Å². The Morgan fingerprint density at radius 3 is 3.12 bits per heavy atom. The quantitative estimate of drug-likeness (QED) is 0.823. The van der Waals surface area contributed by atoms with Crippen LogP contribution in [0.5, 0.6) is 0 Å². The van der Waals surface area contributed by atoms with E-state index in [1.165, 1.54) is 12.4 Å². The van der Waals surface area contributed by atoms with Crippen molar-refractivity contribution in [3.05, 3.63) is 47.8 Å². The first kappa shape index (κ1) is 16.5. The molecular formula is C16H20FN5O2. The normalized spacial score (nSPS) is 18.5. The number of benzene rings is 1. The van der Waals surface area contributed by atoms with Crippen LogP contribution < -0.4 is 5.32 Å². The molecule has 1 fully saturated rings. The highest BCUT2D eigenvalue weighted by atomic mass is 19.1. The smallest absolute Gasteiger partial charge is 0.288 e. The minimum absolute atomic E-state index is 0.0144. The van der Waals surface area contributed by atoms with Gasteiger partial charge < -0.3 is 10.1 Å². The highest BCUT2D eigenvalue weighted by Gasteiger charge is 2.21. The zero-order valence-corrected chi connectivity index (χ0v) is 13.2. The van der Waals surface area contributed by atoms with E-state index in [4.69, 9.17) is 4.74 Å². The van der Waals surface area contributed by atoms with Crippen molar-refractivity contribution < 1.29 is 13.9 Å². The first-order valence-electron chi connectivity index (χ1n) is 7.93. The predicted octanol–water partition coefficient (Wildman–Crippen LogP) is 0.965. The first-order chi connectivity index (χ1) is 11.7. The summed E-state index contributed by atoms with van der Waals surface area (Å²) in [5.74, 6) is -0.271. The Morgan fingerprint density at radius 2 is 2.33 bits per heavy atom. The SMILES string of the molecule is O=C(NCCC1CN(Cc2ccccc2F)CCO1)c1ncn[nH]1. The van der Waals surface area contributed by atoms with Crippen LogP contribution in [0.15, 0.2) is 30.6 Å². The van der Waals surface area contributed by atoms with Crippen molar-refractivity contribution in [1.82, 2.24) is 25.4 Å². The Labute approximate surface area is 139 Å². The number of halogens is 1. The van der Waals surface area contributed by atoms with Crippen molar-refractivity contribution in [3.63, 3.8) is 0 Å². The Kier molecular flexibility index (Phi) is 5.50. The fraction of sp³-hybridized carbons (Fsp3) is 0.438. The average molecular weight is 333 g/mol. The number of nitrogens with zero attached hydrogens (tertiary/aromatic N) is 3. The fourth-order valence-corrected chi connectivity index (χ4v) is 2.71. The summed E-state index contributed by atoms with van der Waals surface area (Å²) in [6.45, 7) is 3.14. The molecule has 3 rings (SSSR count). The van der Waals surface area contributed by atoms with Crippen LogP contribution in [0.2, 0.25) is 0 Å². The highest BCUT2D eigenvalue weighted by molar-refractivity contribution is 5.90. The summed E-state index contributed by atoms with van der Waals surface area (Å²) in [4.78, 5) is 17.7. The maximum Gasteiger partial charge on any atom is 0.288 e. The largest absolute Gasteiger partial charge is 0.375 e. The van der Waals surface area contributed by atoms with Gasteiger partial charge in [0.25, 0.3) is 5.91 Å². The van der Waals surface area contributed by atoms with E-state index in [-0.39, 0.29) is 23.7 Å². The van der Waals surface area contributed by atoms with Gasteiger partial charge in [0.05, 0.1) is 12.7 Å². The average Bonchev–Trinajstić information content (AvgIpc) is 3.12. The standard InChI is InChI=1S/C16H20FN5O2/c17-14-4-2-1-3-12(14)9-22-7-8-24-13(10-22)5-6-18-16(23)15-19-11-20-21-15/h1-4,11,13H,5-10H2,(H,18,23)(H,19,20,21). The molecule has 1 aromatic heterocycles. The molecule has 1 amide bonds. The molecule has 128 valence electrons. The molecular weight excluding hydrogens is 313 g/mol. The third-order valence-electron chi connectivity index (χ3n) is 3.96. The van der Waals surface area contributed by atoms with Crippen molar-refractivity contribution in [1.29, 1.82) is 0 Å². The van der Waals surface area contributed by atoms with Crippen molar-refractivity contribution >= 4 is 5.91 Å². The van der Waals surface area contributed by atoms with Gasteiger partial charge in [0.2, 0.25) is 5.82 Å². The number of H-pyrrole nitrogens is 1. The Bertz CT molecular complexity index is 664. The van der Waals surface area contributed by atoms with E-state index in [0.717, 1.165) is 6.54 Å². The van der Waals surface area contributed by atoms with Gasteiger partial charge in [-0.1, -0.05) is 18.2 Å². The predicted molar refractivity (Wildman–Crippen MR) is 84.7 cm³/mol. The maximum absolute atomic E-state index is 13.7. The number of amides is 1. The number of aromatic amines is 1. The van der Waals surface area contributed by atoms with Crippen LogP contribution in [-0.2, 0) is 11.3 Å². The summed E-state index contributed by atoms with van der Waals surface area (Å²) in [6.07, 6.45) is 1.99. The number of hydrogen-bond donors (Lipinski definition) is 2. The number of aromatic nitrogens is 3. The van der Waals surface area contributed by atoms with Gasteiger partial charge in [-0.05, 0) is 12.5 Å². The molecule has 7 nitrogen and oxygen atoms in total. The van der Waals surface area contributed by atoms with E-state index in [9.17, 15) is 9.18 Å². The monoisotopic (exact) mass is 333 g/mol. The summed E-state index contributed by atoms with van der Waals surface area (Å²) in [6, 6.07) is 6.82. The molecule has 0 saturated carbocycles. The summed E-state index contributed by atoms with van der Waals surface area (Å²) in [7, 11) is 0. The molecule has 2 heterocycles. The van der Waals surface area contributed by atoms with Crippen molar-refractivity contribution in [2.24, 2.45) is 0 Å². The van der Waals surface area contributed by atoms with Gasteiger partial charge in [0.15, 0.2) is 0 Å². The third kappa shape index (κ3) is 4.36. The first-order valence-corrected chi connectivity index (χ1v) is 7.93. The zero-order valence-electron chi connectivity index (χ0n) is 13.2. The topological polar surface area (TPSA) is 83.1 Å². The van der Waals surface area contributed by atoms with Crippen LogP contribution in [0.3, 0.4) is 0 Å². The van der Waals surface area contributed by atoms with Gasteiger partial charge in [-0.25, -0.2) is 9.37 Å². The lowest BCUT2D eigenvalue weighted by molar-refractivity contribution is -0.0344. The molecule has 1 unspecified atom stereocenters. The molecule has 2 N–H and O–H groups in total. The molecule has 0 spiro atoms. The second kappa shape index (κ2) is 7.98. The van der Waals surface area contributed by atoms with Crippen molar-refractivity contribution in [2.45, 2.75) is 19.1 Å².